The van der Waals surface area contributed by atoms with Crippen LogP contribution in [-0.4, -0.2) is 67.8 Å². The number of carbonyl (C=O) groups is 2. The van der Waals surface area contributed by atoms with Crippen LogP contribution in [0.2, 0.25) is 0 Å². The van der Waals surface area contributed by atoms with E-state index in [9.17, 15) is 14.0 Å². The lowest BCUT2D eigenvalue weighted by Gasteiger charge is -2.24. The fourth-order valence-electron chi connectivity index (χ4n) is 5.52. The van der Waals surface area contributed by atoms with E-state index < -0.39 is 0 Å². The molecule has 2 amide bonds. The summed E-state index contributed by atoms with van der Waals surface area (Å²) in [5.41, 5.74) is 4.81. The van der Waals surface area contributed by atoms with Crippen molar-refractivity contribution in [3.63, 3.8) is 0 Å². The smallest absolute Gasteiger partial charge is 0.261 e. The Balaban J connectivity index is 1.24. The quantitative estimate of drug-likeness (QED) is 0.461. The molecule has 0 radical (unpaired) electrons. The molecule has 0 spiro atoms. The normalized spacial score (nSPS) is 17.7. The number of hydrogen-bond acceptors (Lipinski definition) is 6. The highest BCUT2D eigenvalue weighted by Crippen LogP contribution is 2.32. The zero-order chi connectivity index (χ0) is 28.6. The lowest BCUT2D eigenvalue weighted by molar-refractivity contribution is -0.124. The van der Waals surface area contributed by atoms with E-state index in [0.717, 1.165) is 36.6 Å². The van der Waals surface area contributed by atoms with Crippen molar-refractivity contribution >= 4 is 11.8 Å². The van der Waals surface area contributed by atoms with E-state index in [1.54, 1.807) is 15.6 Å². The predicted molar refractivity (Wildman–Crippen MR) is 149 cm³/mol. The Labute approximate surface area is 234 Å². The van der Waals surface area contributed by atoms with E-state index >= 15 is 0 Å². The second-order valence-electron chi connectivity index (χ2n) is 11.1. The summed E-state index contributed by atoms with van der Waals surface area (Å²) in [4.78, 5) is 30.2. The Morgan fingerprint density at radius 3 is 2.58 bits per heavy atom. The van der Waals surface area contributed by atoms with Crippen LogP contribution >= 0.6 is 0 Å². The van der Waals surface area contributed by atoms with Crippen LogP contribution in [0.5, 0.6) is 0 Å². The number of nitrogens with one attached hydrogen (secondary N) is 1. The fourth-order valence-corrected chi connectivity index (χ4v) is 5.52. The number of fused-ring (bicyclic) bond motifs is 1. The maximum atomic E-state index is 13.9. The molecule has 9 nitrogen and oxygen atoms in total. The molecule has 0 bridgehead atoms. The predicted octanol–water partition coefficient (Wildman–Crippen LogP) is 3.90. The first-order valence-corrected chi connectivity index (χ1v) is 13.8. The molecule has 3 aromatic rings. The van der Waals surface area contributed by atoms with Crippen molar-refractivity contribution in [1.29, 1.82) is 0 Å². The molecule has 2 aromatic heterocycles. The summed E-state index contributed by atoms with van der Waals surface area (Å²) in [7, 11) is 0. The van der Waals surface area contributed by atoms with Crippen LogP contribution in [0.3, 0.4) is 0 Å². The molecular weight excluding hydrogens is 509 g/mol. The number of carbonyl (C=O) groups excluding carboxylic acids is 2. The summed E-state index contributed by atoms with van der Waals surface area (Å²) in [6, 6.07) is 9.90. The van der Waals surface area contributed by atoms with Crippen molar-refractivity contribution < 1.29 is 14.0 Å². The van der Waals surface area contributed by atoms with E-state index in [-0.39, 0.29) is 35.5 Å². The second kappa shape index (κ2) is 11.3. The van der Waals surface area contributed by atoms with Crippen LogP contribution in [0.15, 0.2) is 48.2 Å². The molecule has 2 atom stereocenters. The van der Waals surface area contributed by atoms with Gasteiger partial charge < -0.3 is 10.2 Å². The molecule has 40 heavy (non-hydrogen) atoms. The molecule has 1 saturated heterocycles. The van der Waals surface area contributed by atoms with Crippen molar-refractivity contribution in [3.05, 3.63) is 82.2 Å². The third-order valence-corrected chi connectivity index (χ3v) is 7.74. The Hall–Kier alpha value is -3.92. The van der Waals surface area contributed by atoms with Gasteiger partial charge in [0.2, 0.25) is 5.91 Å². The highest BCUT2D eigenvalue weighted by molar-refractivity contribution is 5.97. The molecule has 5 rings (SSSR count). The molecule has 210 valence electrons. The summed E-state index contributed by atoms with van der Waals surface area (Å²) in [5, 5.41) is 16.0. The van der Waals surface area contributed by atoms with Gasteiger partial charge in [0.1, 0.15) is 5.82 Å². The van der Waals surface area contributed by atoms with Crippen LogP contribution in [0.4, 0.5) is 4.39 Å². The molecule has 0 aliphatic carbocycles. The van der Waals surface area contributed by atoms with Gasteiger partial charge in [0.05, 0.1) is 28.7 Å². The first kappa shape index (κ1) is 27.6. The number of amides is 2. The summed E-state index contributed by atoms with van der Waals surface area (Å²) < 4.78 is 15.6. The lowest BCUT2D eigenvalue weighted by Crippen LogP contribution is -2.35. The molecular formula is C30H36FN7O2. The molecule has 2 aliphatic rings. The Bertz CT molecular complexity index is 1450. The monoisotopic (exact) mass is 545 g/mol. The largest absolute Gasteiger partial charge is 0.349 e. The fraction of sp³-hybridized carbons (Fsp3) is 0.433. The van der Waals surface area contributed by atoms with Crippen molar-refractivity contribution in [2.45, 2.75) is 47.1 Å². The summed E-state index contributed by atoms with van der Waals surface area (Å²) >= 11 is 0. The van der Waals surface area contributed by atoms with Crippen LogP contribution in [-0.2, 0) is 4.79 Å². The summed E-state index contributed by atoms with van der Waals surface area (Å²) in [6.07, 6.45) is 2.66. The van der Waals surface area contributed by atoms with Gasteiger partial charge in [0.15, 0.2) is 5.82 Å². The van der Waals surface area contributed by atoms with Crippen molar-refractivity contribution in [2.75, 3.05) is 26.2 Å². The van der Waals surface area contributed by atoms with E-state index in [2.05, 4.69) is 25.5 Å². The van der Waals surface area contributed by atoms with Crippen LogP contribution in [0.25, 0.3) is 5.82 Å². The number of rotatable bonds is 8. The minimum absolute atomic E-state index is 0.0484. The molecule has 1 aromatic carbocycles. The van der Waals surface area contributed by atoms with Crippen LogP contribution in [0, 0.1) is 38.4 Å². The summed E-state index contributed by atoms with van der Waals surface area (Å²) in [5.74, 6) is 0.277. The van der Waals surface area contributed by atoms with E-state index in [0.29, 0.717) is 30.0 Å². The van der Waals surface area contributed by atoms with E-state index in [1.165, 1.54) is 17.7 Å². The molecule has 1 fully saturated rings. The number of benzene rings is 1. The Kier molecular flexibility index (Phi) is 7.80. The number of halogens is 1. The van der Waals surface area contributed by atoms with E-state index in [4.69, 9.17) is 0 Å². The highest BCUT2D eigenvalue weighted by Gasteiger charge is 2.37. The molecule has 10 heteroatoms. The molecule has 1 unspecified atom stereocenters. The Morgan fingerprint density at radius 2 is 1.90 bits per heavy atom. The molecule has 4 heterocycles. The average Bonchev–Trinajstić information content (AvgIpc) is 3.57. The SMILES string of the molecule is Cc1ccc(-n2nc(C)c(C(=O)N3C=C4CN(CC[C@H](NC(=O)C(C)C)c5cccc(F)c5)CC4C3)c2C)nn1. The first-order valence-electron chi connectivity index (χ1n) is 13.8. The highest BCUT2D eigenvalue weighted by atomic mass is 19.1. The molecule has 1 N–H and O–H groups in total. The van der Waals surface area contributed by atoms with Gasteiger partial charge in [-0.15, -0.1) is 5.10 Å². The maximum absolute atomic E-state index is 13.9. The molecule has 0 saturated carbocycles. The van der Waals surface area contributed by atoms with Crippen molar-refractivity contribution in [1.82, 2.24) is 35.1 Å². The standard InChI is InChI=1S/C30H36FN7O2/c1-18(2)29(39)32-26(22-7-6-8-25(31)13-22)11-12-36-14-23-16-37(17-24(23)15-36)30(40)28-20(4)35-38(21(28)5)27-10-9-19(3)33-34-27/h6-10,13,16,18,24,26H,11-12,14-15,17H2,1-5H3,(H,32,39)/t24?,26-/m0/s1. The van der Waals surface area contributed by atoms with Gasteiger partial charge in [-0.1, -0.05) is 26.0 Å². The van der Waals surface area contributed by atoms with Crippen molar-refractivity contribution in [3.8, 4) is 5.82 Å². The van der Waals surface area contributed by atoms with Crippen molar-refractivity contribution in [2.24, 2.45) is 11.8 Å². The zero-order valence-corrected chi connectivity index (χ0v) is 23.7. The third-order valence-electron chi connectivity index (χ3n) is 7.74. The molecule has 2 aliphatic heterocycles. The van der Waals surface area contributed by atoms with Gasteiger partial charge in [0, 0.05) is 44.2 Å². The second-order valence-corrected chi connectivity index (χ2v) is 11.1. The van der Waals surface area contributed by atoms with Gasteiger partial charge in [-0.05, 0) is 62.6 Å². The number of aryl methyl sites for hydroxylation is 2. The topological polar surface area (TPSA) is 96.2 Å². The number of aromatic nitrogens is 4. The third kappa shape index (κ3) is 5.67. The Morgan fingerprint density at radius 1 is 1.10 bits per heavy atom. The summed E-state index contributed by atoms with van der Waals surface area (Å²) in [6.45, 7) is 12.3. The van der Waals surface area contributed by atoms with E-state index in [1.807, 2.05) is 59.0 Å². The number of nitrogens with zero attached hydrogens (tertiary/aromatic N) is 6. The van der Waals surface area contributed by atoms with Crippen LogP contribution in [0.1, 0.15) is 59.3 Å². The number of hydrogen-bond donors (Lipinski definition) is 1. The van der Waals surface area contributed by atoms with Crippen LogP contribution < -0.4 is 5.32 Å². The van der Waals surface area contributed by atoms with Gasteiger partial charge >= 0.3 is 0 Å². The maximum Gasteiger partial charge on any atom is 0.261 e. The van der Waals surface area contributed by atoms with Gasteiger partial charge in [-0.25, -0.2) is 9.07 Å². The van der Waals surface area contributed by atoms with Gasteiger partial charge in [0.25, 0.3) is 5.91 Å². The lowest BCUT2D eigenvalue weighted by atomic mass is 10.0. The van der Waals surface area contributed by atoms with Gasteiger partial charge in [-0.3, -0.25) is 14.5 Å². The number of likely N-dealkylation sites (tertiary alicyclic amines) is 1. The minimum atomic E-state index is -0.310. The average molecular weight is 546 g/mol. The first-order chi connectivity index (χ1) is 19.1. The zero-order valence-electron chi connectivity index (χ0n) is 23.7. The minimum Gasteiger partial charge on any atom is -0.349 e. The van der Waals surface area contributed by atoms with Gasteiger partial charge in [-0.2, -0.15) is 10.2 Å².